The van der Waals surface area contributed by atoms with E-state index in [2.05, 4.69) is 46.5 Å². The molecule has 3 heterocycles. The van der Waals surface area contributed by atoms with E-state index in [1.807, 2.05) is 31.2 Å². The number of aryl methyl sites for hydroxylation is 1. The van der Waals surface area contributed by atoms with Crippen LogP contribution < -0.4 is 5.32 Å². The predicted molar refractivity (Wildman–Crippen MR) is 120 cm³/mol. The molecule has 148 valence electrons. The van der Waals surface area contributed by atoms with Gasteiger partial charge in [-0.25, -0.2) is 4.98 Å². The van der Waals surface area contributed by atoms with Crippen LogP contribution in [0, 0.1) is 12.8 Å². The summed E-state index contributed by atoms with van der Waals surface area (Å²) < 4.78 is 0. The molecular formula is C24H27N5. The van der Waals surface area contributed by atoms with Gasteiger partial charge in [-0.2, -0.15) is 0 Å². The van der Waals surface area contributed by atoms with Crippen molar-refractivity contribution in [3.05, 3.63) is 78.4 Å². The number of benzene rings is 1. The number of nitrogens with one attached hydrogen (secondary N) is 1. The summed E-state index contributed by atoms with van der Waals surface area (Å²) in [5.74, 6) is 1.34. The molecular weight excluding hydrogens is 358 g/mol. The molecule has 0 aliphatic carbocycles. The van der Waals surface area contributed by atoms with Gasteiger partial charge in [-0.05, 0) is 75.3 Å². The average Bonchev–Trinajstić information content (AvgIpc) is 2.73. The van der Waals surface area contributed by atoms with E-state index < -0.39 is 0 Å². The number of allylic oxidation sites excluding steroid dienone is 1. The number of rotatable bonds is 5. The van der Waals surface area contributed by atoms with Crippen molar-refractivity contribution in [2.45, 2.75) is 19.8 Å². The largest absolute Gasteiger partial charge is 0.344 e. The van der Waals surface area contributed by atoms with E-state index in [1.54, 1.807) is 12.4 Å². The molecule has 5 heteroatoms. The fraction of sp³-hybridized carbons (Fsp3) is 0.292. The fourth-order valence-electron chi connectivity index (χ4n) is 3.88. The molecule has 0 unspecified atom stereocenters. The summed E-state index contributed by atoms with van der Waals surface area (Å²) in [6.07, 6.45) is 5.69. The Balaban J connectivity index is 1.50. The minimum absolute atomic E-state index is 0.502. The Morgan fingerprint density at radius 1 is 1.03 bits per heavy atom. The molecule has 0 radical (unpaired) electrons. The molecule has 1 saturated heterocycles. The lowest BCUT2D eigenvalue weighted by Gasteiger charge is -2.30. The zero-order valence-corrected chi connectivity index (χ0v) is 17.2. The third-order valence-corrected chi connectivity index (χ3v) is 5.73. The average molecular weight is 386 g/mol. The van der Waals surface area contributed by atoms with Crippen molar-refractivity contribution in [3.8, 4) is 0 Å². The summed E-state index contributed by atoms with van der Waals surface area (Å²) in [5.41, 5.74) is 6.74. The maximum Gasteiger partial charge on any atom is 0.130 e. The number of hydrogen-bond acceptors (Lipinski definition) is 5. The third kappa shape index (κ3) is 4.20. The van der Waals surface area contributed by atoms with Crippen LogP contribution >= 0.6 is 0 Å². The molecule has 0 saturated carbocycles. The summed E-state index contributed by atoms with van der Waals surface area (Å²) in [5, 5.41) is 3.43. The highest BCUT2D eigenvalue weighted by Gasteiger charge is 2.19. The maximum absolute atomic E-state index is 4.76. The van der Waals surface area contributed by atoms with Crippen LogP contribution in [-0.2, 0) is 0 Å². The van der Waals surface area contributed by atoms with Crippen molar-refractivity contribution in [2.75, 3.05) is 25.5 Å². The van der Waals surface area contributed by atoms with E-state index >= 15 is 0 Å². The topological polar surface area (TPSA) is 53.9 Å². The number of likely N-dealkylation sites (tertiary alicyclic amines) is 1. The Morgan fingerprint density at radius 2 is 1.76 bits per heavy atom. The Labute approximate surface area is 172 Å². The highest BCUT2D eigenvalue weighted by molar-refractivity contribution is 5.85. The van der Waals surface area contributed by atoms with Crippen molar-refractivity contribution in [2.24, 2.45) is 5.92 Å². The molecule has 2 aromatic heterocycles. The number of anilines is 1. The van der Waals surface area contributed by atoms with Crippen LogP contribution in [0.2, 0.25) is 0 Å². The SMILES string of the molecule is C=C(c1ccc2nccnc2c1)c1ccc(NC(=C)C2CCN(C)CC2)nc1C. The first-order chi connectivity index (χ1) is 14.0. The third-order valence-electron chi connectivity index (χ3n) is 5.73. The van der Waals surface area contributed by atoms with Crippen LogP contribution in [0.1, 0.15) is 29.7 Å². The van der Waals surface area contributed by atoms with Crippen LogP contribution in [0.25, 0.3) is 16.6 Å². The summed E-state index contributed by atoms with van der Waals surface area (Å²) in [6, 6.07) is 10.1. The van der Waals surface area contributed by atoms with Crippen molar-refractivity contribution in [1.29, 1.82) is 0 Å². The van der Waals surface area contributed by atoms with Gasteiger partial charge < -0.3 is 10.2 Å². The van der Waals surface area contributed by atoms with Gasteiger partial charge in [-0.15, -0.1) is 0 Å². The Bertz CT molecular complexity index is 1060. The zero-order valence-electron chi connectivity index (χ0n) is 17.2. The number of aromatic nitrogens is 3. The first-order valence-corrected chi connectivity index (χ1v) is 10.0. The smallest absolute Gasteiger partial charge is 0.130 e. The maximum atomic E-state index is 4.76. The number of hydrogen-bond donors (Lipinski definition) is 1. The van der Waals surface area contributed by atoms with Crippen LogP contribution in [0.15, 0.2) is 61.6 Å². The van der Waals surface area contributed by atoms with Gasteiger partial charge in [0, 0.05) is 35.3 Å². The highest BCUT2D eigenvalue weighted by atomic mass is 15.1. The van der Waals surface area contributed by atoms with E-state index in [4.69, 9.17) is 4.98 Å². The molecule has 4 rings (SSSR count). The van der Waals surface area contributed by atoms with E-state index in [0.717, 1.165) is 70.9 Å². The van der Waals surface area contributed by atoms with Gasteiger partial charge in [0.15, 0.2) is 0 Å². The van der Waals surface area contributed by atoms with Gasteiger partial charge >= 0.3 is 0 Å². The van der Waals surface area contributed by atoms with Crippen LogP contribution in [0.3, 0.4) is 0 Å². The van der Waals surface area contributed by atoms with Gasteiger partial charge in [0.1, 0.15) is 5.82 Å². The zero-order chi connectivity index (χ0) is 20.4. The molecule has 29 heavy (non-hydrogen) atoms. The molecule has 0 bridgehead atoms. The molecule has 0 amide bonds. The molecule has 1 fully saturated rings. The molecule has 1 aromatic carbocycles. The van der Waals surface area contributed by atoms with Gasteiger partial charge in [-0.1, -0.05) is 19.2 Å². The van der Waals surface area contributed by atoms with Crippen molar-refractivity contribution >= 4 is 22.4 Å². The molecule has 0 spiro atoms. The fourth-order valence-corrected chi connectivity index (χ4v) is 3.88. The van der Waals surface area contributed by atoms with Crippen molar-refractivity contribution < 1.29 is 0 Å². The normalized spacial score (nSPS) is 15.4. The number of fused-ring (bicyclic) bond motifs is 1. The summed E-state index contributed by atoms with van der Waals surface area (Å²) >= 11 is 0. The quantitative estimate of drug-likeness (QED) is 0.692. The molecule has 1 aliphatic rings. The van der Waals surface area contributed by atoms with Crippen LogP contribution in [0.4, 0.5) is 5.82 Å². The molecule has 3 aromatic rings. The highest BCUT2D eigenvalue weighted by Crippen LogP contribution is 2.28. The summed E-state index contributed by atoms with van der Waals surface area (Å²) in [7, 11) is 2.17. The van der Waals surface area contributed by atoms with E-state index in [9.17, 15) is 0 Å². The first-order valence-electron chi connectivity index (χ1n) is 10.0. The lowest BCUT2D eigenvalue weighted by molar-refractivity contribution is 0.239. The van der Waals surface area contributed by atoms with Gasteiger partial charge in [0.05, 0.1) is 11.0 Å². The minimum atomic E-state index is 0.502. The van der Waals surface area contributed by atoms with E-state index in [-0.39, 0.29) is 0 Å². The number of pyridine rings is 1. The molecule has 5 nitrogen and oxygen atoms in total. The van der Waals surface area contributed by atoms with Crippen molar-refractivity contribution in [1.82, 2.24) is 19.9 Å². The molecule has 0 atom stereocenters. The Morgan fingerprint density at radius 3 is 2.48 bits per heavy atom. The second-order valence-electron chi connectivity index (χ2n) is 7.80. The van der Waals surface area contributed by atoms with Crippen molar-refractivity contribution in [3.63, 3.8) is 0 Å². The first kappa shape index (κ1) is 19.3. The number of piperidine rings is 1. The van der Waals surface area contributed by atoms with Crippen LogP contribution in [0.5, 0.6) is 0 Å². The standard InChI is InChI=1S/C24H27N5/c1-16(20-5-7-22-23(15-20)26-12-11-25-22)21-6-8-24(28-18(21)3)27-17(2)19-9-13-29(4)14-10-19/h5-8,11-12,15,19H,1-2,9-10,13-14H2,3-4H3,(H,27,28). The van der Waals surface area contributed by atoms with E-state index in [1.165, 1.54) is 0 Å². The lowest BCUT2D eigenvalue weighted by Crippen LogP contribution is -2.32. The van der Waals surface area contributed by atoms with Gasteiger partial charge in [0.2, 0.25) is 0 Å². The van der Waals surface area contributed by atoms with E-state index in [0.29, 0.717) is 5.92 Å². The van der Waals surface area contributed by atoms with Gasteiger partial charge in [-0.3, -0.25) is 9.97 Å². The second kappa shape index (κ2) is 8.13. The monoisotopic (exact) mass is 385 g/mol. The Hall–Kier alpha value is -3.05. The Kier molecular flexibility index (Phi) is 5.41. The lowest BCUT2D eigenvalue weighted by atomic mass is 9.94. The summed E-state index contributed by atoms with van der Waals surface area (Å²) in [6.45, 7) is 12.8. The summed E-state index contributed by atoms with van der Waals surface area (Å²) in [4.78, 5) is 15.9. The second-order valence-corrected chi connectivity index (χ2v) is 7.80. The predicted octanol–water partition coefficient (Wildman–Crippen LogP) is 4.66. The van der Waals surface area contributed by atoms with Gasteiger partial charge in [0.25, 0.3) is 0 Å². The van der Waals surface area contributed by atoms with Crippen LogP contribution in [-0.4, -0.2) is 40.0 Å². The number of nitrogens with zero attached hydrogens (tertiary/aromatic N) is 4. The molecule has 1 N–H and O–H groups in total. The molecule has 1 aliphatic heterocycles. The minimum Gasteiger partial charge on any atom is -0.344 e.